The second kappa shape index (κ2) is 11.0. The Kier molecular flexibility index (Phi) is 8.42. The quantitative estimate of drug-likeness (QED) is 0.453. The van der Waals surface area contributed by atoms with E-state index in [4.69, 9.17) is 14.2 Å². The third kappa shape index (κ3) is 6.66. The highest BCUT2D eigenvalue weighted by atomic mass is 16.5. The molecule has 28 heavy (non-hydrogen) atoms. The van der Waals surface area contributed by atoms with Gasteiger partial charge in [-0.3, -0.25) is 4.99 Å². The molecule has 2 aromatic carbocycles. The molecule has 7 heteroatoms. The third-order valence-electron chi connectivity index (χ3n) is 3.88. The van der Waals surface area contributed by atoms with Crippen molar-refractivity contribution in [1.82, 2.24) is 5.32 Å². The first-order valence-corrected chi connectivity index (χ1v) is 9.20. The van der Waals surface area contributed by atoms with Gasteiger partial charge in [-0.05, 0) is 43.7 Å². The van der Waals surface area contributed by atoms with Gasteiger partial charge in [0.05, 0.1) is 20.8 Å². The fourth-order valence-corrected chi connectivity index (χ4v) is 2.50. The average molecular weight is 387 g/mol. The molecule has 2 aromatic rings. The van der Waals surface area contributed by atoms with E-state index in [0.29, 0.717) is 24.0 Å². The minimum atomic E-state index is -0.721. The van der Waals surface area contributed by atoms with E-state index in [1.54, 1.807) is 14.2 Å². The number of ether oxygens (including phenoxy) is 3. The van der Waals surface area contributed by atoms with Crippen LogP contribution in [0.3, 0.4) is 0 Å². The van der Waals surface area contributed by atoms with Crippen LogP contribution in [0.1, 0.15) is 12.5 Å². The first-order chi connectivity index (χ1) is 13.5. The number of guanidine groups is 1. The Morgan fingerprint density at radius 3 is 2.57 bits per heavy atom. The molecular weight excluding hydrogens is 358 g/mol. The van der Waals surface area contributed by atoms with Crippen LogP contribution in [0.5, 0.6) is 17.2 Å². The number of aliphatic hydroxyl groups excluding tert-OH is 1. The van der Waals surface area contributed by atoms with Crippen LogP contribution in [0.2, 0.25) is 0 Å². The zero-order valence-electron chi connectivity index (χ0n) is 16.9. The van der Waals surface area contributed by atoms with Gasteiger partial charge < -0.3 is 30.0 Å². The van der Waals surface area contributed by atoms with Crippen LogP contribution in [0.25, 0.3) is 0 Å². The molecule has 0 aliphatic rings. The normalized spacial score (nSPS) is 12.2. The summed E-state index contributed by atoms with van der Waals surface area (Å²) < 4.78 is 16.2. The van der Waals surface area contributed by atoms with Crippen molar-refractivity contribution in [1.29, 1.82) is 0 Å². The number of nitrogens with zero attached hydrogens (tertiary/aromatic N) is 1. The summed E-state index contributed by atoms with van der Waals surface area (Å²) in [5, 5.41) is 16.5. The van der Waals surface area contributed by atoms with Crippen LogP contribution < -0.4 is 24.8 Å². The summed E-state index contributed by atoms with van der Waals surface area (Å²) in [6, 6.07) is 13.2. The van der Waals surface area contributed by atoms with Crippen molar-refractivity contribution >= 4 is 11.6 Å². The van der Waals surface area contributed by atoms with E-state index in [2.05, 4.69) is 15.6 Å². The zero-order chi connectivity index (χ0) is 20.4. The molecule has 0 bridgehead atoms. The van der Waals surface area contributed by atoms with Crippen molar-refractivity contribution < 1.29 is 19.3 Å². The summed E-state index contributed by atoms with van der Waals surface area (Å²) in [4.78, 5) is 4.43. The smallest absolute Gasteiger partial charge is 0.195 e. The monoisotopic (exact) mass is 387 g/mol. The van der Waals surface area contributed by atoms with E-state index in [1.807, 2.05) is 56.3 Å². The fourth-order valence-electron chi connectivity index (χ4n) is 2.50. The van der Waals surface area contributed by atoms with Crippen LogP contribution in [0, 0.1) is 6.92 Å². The summed E-state index contributed by atoms with van der Waals surface area (Å²) in [6.07, 6.45) is -0.721. The lowest BCUT2D eigenvalue weighted by Gasteiger charge is -2.15. The first kappa shape index (κ1) is 21.4. The summed E-state index contributed by atoms with van der Waals surface area (Å²) in [6.45, 7) is 5.03. The van der Waals surface area contributed by atoms with Gasteiger partial charge in [-0.25, -0.2) is 0 Å². The van der Waals surface area contributed by atoms with Crippen molar-refractivity contribution in [3.05, 3.63) is 48.0 Å². The molecule has 0 heterocycles. The molecule has 1 atom stereocenters. The number of rotatable bonds is 9. The van der Waals surface area contributed by atoms with Crippen molar-refractivity contribution in [2.75, 3.05) is 39.2 Å². The minimum Gasteiger partial charge on any atom is -0.493 e. The number of benzene rings is 2. The number of nitrogens with one attached hydrogen (secondary N) is 2. The molecule has 152 valence electrons. The molecule has 0 aliphatic carbocycles. The second-order valence-electron chi connectivity index (χ2n) is 6.20. The van der Waals surface area contributed by atoms with Crippen LogP contribution in [0.15, 0.2) is 47.5 Å². The standard InChI is InChI=1S/C21H29N3O4/c1-5-22-21(24-16-9-10-19(26-3)20(12-16)27-4)23-13-17(25)14-28-18-8-6-7-15(2)11-18/h6-12,17,25H,5,13-14H2,1-4H3,(H2,22,23,24). The maximum absolute atomic E-state index is 10.2. The predicted molar refractivity (Wildman–Crippen MR) is 112 cm³/mol. The lowest BCUT2D eigenvalue weighted by atomic mass is 10.2. The van der Waals surface area contributed by atoms with Crippen LogP contribution in [-0.4, -0.2) is 51.1 Å². The van der Waals surface area contributed by atoms with Gasteiger partial charge >= 0.3 is 0 Å². The van der Waals surface area contributed by atoms with Crippen molar-refractivity contribution in [3.63, 3.8) is 0 Å². The minimum absolute atomic E-state index is 0.169. The van der Waals surface area contributed by atoms with E-state index in [9.17, 15) is 5.11 Å². The highest BCUT2D eigenvalue weighted by molar-refractivity contribution is 5.93. The highest BCUT2D eigenvalue weighted by Crippen LogP contribution is 2.29. The Labute approximate surface area is 166 Å². The number of hydrogen-bond acceptors (Lipinski definition) is 5. The van der Waals surface area contributed by atoms with Gasteiger partial charge in [0.1, 0.15) is 18.5 Å². The van der Waals surface area contributed by atoms with Gasteiger partial charge in [-0.1, -0.05) is 12.1 Å². The Hall–Kier alpha value is -2.93. The number of aryl methyl sites for hydroxylation is 1. The number of hydrogen-bond donors (Lipinski definition) is 3. The van der Waals surface area contributed by atoms with E-state index in [-0.39, 0.29) is 13.2 Å². The number of anilines is 1. The summed E-state index contributed by atoms with van der Waals surface area (Å²) in [5.74, 6) is 2.57. The Morgan fingerprint density at radius 2 is 1.89 bits per heavy atom. The lowest BCUT2D eigenvalue weighted by Crippen LogP contribution is -2.32. The number of aliphatic hydroxyl groups is 1. The van der Waals surface area contributed by atoms with Gasteiger partial charge in [-0.2, -0.15) is 0 Å². The maximum Gasteiger partial charge on any atom is 0.195 e. The molecular formula is C21H29N3O4. The largest absolute Gasteiger partial charge is 0.493 e. The Morgan fingerprint density at radius 1 is 1.11 bits per heavy atom. The molecule has 1 unspecified atom stereocenters. The number of aliphatic imine (C=N–C) groups is 1. The SMILES string of the molecule is CCNC(=NCC(O)COc1cccc(C)c1)Nc1ccc(OC)c(OC)c1. The molecule has 0 radical (unpaired) electrons. The molecule has 0 spiro atoms. The molecule has 0 aliphatic heterocycles. The summed E-state index contributed by atoms with van der Waals surface area (Å²) in [5.41, 5.74) is 1.90. The van der Waals surface area contributed by atoms with Crippen LogP contribution >= 0.6 is 0 Å². The van der Waals surface area contributed by atoms with Crippen molar-refractivity contribution in [2.24, 2.45) is 4.99 Å². The molecule has 3 N–H and O–H groups in total. The van der Waals surface area contributed by atoms with Crippen LogP contribution in [0.4, 0.5) is 5.69 Å². The lowest BCUT2D eigenvalue weighted by molar-refractivity contribution is 0.114. The van der Waals surface area contributed by atoms with Gasteiger partial charge in [0, 0.05) is 18.3 Å². The maximum atomic E-state index is 10.2. The summed E-state index contributed by atoms with van der Waals surface area (Å²) in [7, 11) is 3.18. The molecule has 0 amide bonds. The summed E-state index contributed by atoms with van der Waals surface area (Å²) >= 11 is 0. The highest BCUT2D eigenvalue weighted by Gasteiger charge is 2.08. The van der Waals surface area contributed by atoms with Gasteiger partial charge in [0.15, 0.2) is 17.5 Å². The first-order valence-electron chi connectivity index (χ1n) is 9.20. The van der Waals surface area contributed by atoms with Gasteiger partial charge in [0.25, 0.3) is 0 Å². The molecule has 7 nitrogen and oxygen atoms in total. The van der Waals surface area contributed by atoms with E-state index in [0.717, 1.165) is 17.0 Å². The van der Waals surface area contributed by atoms with Crippen molar-refractivity contribution in [2.45, 2.75) is 20.0 Å². The molecule has 0 fully saturated rings. The predicted octanol–water partition coefficient (Wildman–Crippen LogP) is 2.83. The van der Waals surface area contributed by atoms with Crippen LogP contribution in [-0.2, 0) is 0 Å². The topological polar surface area (TPSA) is 84.3 Å². The average Bonchev–Trinajstić information content (AvgIpc) is 2.70. The Balaban J connectivity index is 1.95. The second-order valence-corrected chi connectivity index (χ2v) is 6.20. The number of methoxy groups -OCH3 is 2. The van der Waals surface area contributed by atoms with E-state index >= 15 is 0 Å². The van der Waals surface area contributed by atoms with Gasteiger partial charge in [0.2, 0.25) is 0 Å². The molecule has 0 saturated heterocycles. The third-order valence-corrected chi connectivity index (χ3v) is 3.88. The molecule has 2 rings (SSSR count). The fraction of sp³-hybridized carbons (Fsp3) is 0.381. The van der Waals surface area contributed by atoms with Gasteiger partial charge in [-0.15, -0.1) is 0 Å². The van der Waals surface area contributed by atoms with E-state index in [1.165, 1.54) is 0 Å². The Bertz CT molecular complexity index is 780. The molecule has 0 aromatic heterocycles. The molecule has 0 saturated carbocycles. The van der Waals surface area contributed by atoms with E-state index < -0.39 is 6.10 Å². The van der Waals surface area contributed by atoms with Crippen molar-refractivity contribution in [3.8, 4) is 17.2 Å². The zero-order valence-corrected chi connectivity index (χ0v) is 16.9.